The quantitative estimate of drug-likeness (QED) is 0.0169. The average Bonchev–Trinajstić information content (AvgIpc) is 0.937. The number of aliphatic hydroxyl groups is 1. The second-order valence-electron chi connectivity index (χ2n) is 27.3. The number of phosphoric acid groups is 2. The molecule has 0 rings (SSSR count). The lowest BCUT2D eigenvalue weighted by Gasteiger charge is -2.21. The van der Waals surface area contributed by atoms with Crippen molar-refractivity contribution in [2.45, 2.75) is 367 Å². The van der Waals surface area contributed by atoms with Crippen LogP contribution in [0.3, 0.4) is 0 Å². The highest BCUT2D eigenvalue weighted by molar-refractivity contribution is 7.47. The second-order valence-corrected chi connectivity index (χ2v) is 30.2. The van der Waals surface area contributed by atoms with Crippen molar-refractivity contribution < 1.29 is 80.2 Å². The van der Waals surface area contributed by atoms with E-state index in [-0.39, 0.29) is 25.7 Å². The van der Waals surface area contributed by atoms with Gasteiger partial charge in [-0.15, -0.1) is 0 Å². The zero-order valence-electron chi connectivity index (χ0n) is 65.7. The van der Waals surface area contributed by atoms with E-state index in [1.807, 2.05) is 0 Å². The lowest BCUT2D eigenvalue weighted by Crippen LogP contribution is -2.30. The van der Waals surface area contributed by atoms with Gasteiger partial charge >= 0.3 is 39.5 Å². The van der Waals surface area contributed by atoms with Crippen molar-refractivity contribution in [3.63, 3.8) is 0 Å². The van der Waals surface area contributed by atoms with Gasteiger partial charge in [0.15, 0.2) is 12.2 Å². The minimum Gasteiger partial charge on any atom is -0.462 e. The zero-order valence-corrected chi connectivity index (χ0v) is 67.5. The molecule has 0 aliphatic rings. The molecule has 0 fully saturated rings. The van der Waals surface area contributed by atoms with Gasteiger partial charge in [-0.25, -0.2) is 9.13 Å². The molecule has 5 atom stereocenters. The summed E-state index contributed by atoms with van der Waals surface area (Å²) in [4.78, 5) is 73.1. The normalized spacial score (nSPS) is 14.4. The van der Waals surface area contributed by atoms with Gasteiger partial charge < -0.3 is 33.8 Å². The van der Waals surface area contributed by atoms with Crippen molar-refractivity contribution in [3.05, 3.63) is 109 Å². The maximum Gasteiger partial charge on any atom is 0.472 e. The van der Waals surface area contributed by atoms with Crippen LogP contribution in [0.5, 0.6) is 0 Å². The minimum atomic E-state index is -4.99. The summed E-state index contributed by atoms with van der Waals surface area (Å²) >= 11 is 0. The summed E-state index contributed by atoms with van der Waals surface area (Å²) in [7, 11) is -9.97. The van der Waals surface area contributed by atoms with Crippen LogP contribution in [0, 0.1) is 0 Å². The van der Waals surface area contributed by atoms with Crippen molar-refractivity contribution in [1.29, 1.82) is 0 Å². The summed E-state index contributed by atoms with van der Waals surface area (Å²) in [5.41, 5.74) is 0. The first-order valence-corrected chi connectivity index (χ1v) is 44.1. The summed E-state index contributed by atoms with van der Waals surface area (Å²) in [6.45, 7) is 4.63. The van der Waals surface area contributed by atoms with E-state index in [0.717, 1.165) is 167 Å². The Bertz CT molecular complexity index is 2390. The third-order valence-electron chi connectivity index (χ3n) is 17.2. The van der Waals surface area contributed by atoms with Crippen molar-refractivity contribution >= 4 is 39.5 Å². The highest BCUT2D eigenvalue weighted by Gasteiger charge is 2.30. The van der Waals surface area contributed by atoms with Crippen LogP contribution in [0.1, 0.15) is 349 Å². The molecule has 0 heterocycles. The van der Waals surface area contributed by atoms with Gasteiger partial charge in [0.05, 0.1) is 26.4 Å². The van der Waals surface area contributed by atoms with E-state index in [2.05, 4.69) is 137 Å². The molecule has 19 heteroatoms. The monoisotopic (exact) mass is 1500 g/mol. The van der Waals surface area contributed by atoms with Crippen LogP contribution in [0.25, 0.3) is 0 Å². The van der Waals surface area contributed by atoms with Gasteiger partial charge in [-0.2, -0.15) is 0 Å². The SMILES string of the molecule is CC/C=C\C/C=C\C/C=C\C/C=C\CCCCCCC(=O)OCC(COP(=O)(O)OCC(O)COP(=O)(O)OCC(COC(=O)CCCCCC/C=C\C/C=C\C/C=C\C/C=C\CC)OC(=O)CCCCCCCCCCCCCCCCC)OC(=O)CCCCCCC/C=C\CCCCCCCC. The number of rotatable bonds is 77. The van der Waals surface area contributed by atoms with Crippen LogP contribution in [-0.2, 0) is 65.4 Å². The van der Waals surface area contributed by atoms with Crippen molar-refractivity contribution in [1.82, 2.24) is 0 Å². The van der Waals surface area contributed by atoms with E-state index in [9.17, 15) is 43.2 Å². The van der Waals surface area contributed by atoms with Crippen molar-refractivity contribution in [2.24, 2.45) is 0 Å². The summed E-state index contributed by atoms with van der Waals surface area (Å²) in [6.07, 6.45) is 83.4. The number of unbranched alkanes of at least 4 members (excludes halogenated alkanes) is 33. The molecule has 600 valence electrons. The number of esters is 4. The molecule has 0 aliphatic heterocycles. The molecule has 0 aliphatic carbocycles. The molecule has 0 radical (unpaired) electrons. The van der Waals surface area contributed by atoms with Crippen molar-refractivity contribution in [3.8, 4) is 0 Å². The number of aliphatic hydroxyl groups excluding tert-OH is 1. The maximum atomic E-state index is 13.1. The van der Waals surface area contributed by atoms with E-state index in [1.165, 1.54) is 103 Å². The number of phosphoric ester groups is 2. The highest BCUT2D eigenvalue weighted by Crippen LogP contribution is 2.45. The fourth-order valence-electron chi connectivity index (χ4n) is 11.0. The largest absolute Gasteiger partial charge is 0.472 e. The molecule has 17 nitrogen and oxygen atoms in total. The van der Waals surface area contributed by atoms with E-state index < -0.39 is 97.5 Å². The van der Waals surface area contributed by atoms with E-state index in [1.54, 1.807) is 0 Å². The average molecular weight is 1500 g/mol. The molecule has 5 unspecified atom stereocenters. The van der Waals surface area contributed by atoms with Crippen LogP contribution >= 0.6 is 15.6 Å². The Morgan fingerprint density at radius 2 is 0.500 bits per heavy atom. The number of hydrogen-bond acceptors (Lipinski definition) is 15. The van der Waals surface area contributed by atoms with Crippen LogP contribution in [0.4, 0.5) is 0 Å². The van der Waals surface area contributed by atoms with Crippen molar-refractivity contribution in [2.75, 3.05) is 39.6 Å². The summed E-state index contributed by atoms with van der Waals surface area (Å²) in [5, 5.41) is 10.7. The summed E-state index contributed by atoms with van der Waals surface area (Å²) < 4.78 is 68.7. The highest BCUT2D eigenvalue weighted by atomic mass is 31.2. The third kappa shape index (κ3) is 75.9. The number of allylic oxidation sites excluding steroid dienone is 18. The van der Waals surface area contributed by atoms with Gasteiger partial charge in [-0.05, 0) is 128 Å². The van der Waals surface area contributed by atoms with E-state index in [0.29, 0.717) is 25.7 Å². The predicted octanol–water partition coefficient (Wildman–Crippen LogP) is 24.1. The molecule has 0 aromatic carbocycles. The van der Waals surface area contributed by atoms with Gasteiger partial charge in [0.25, 0.3) is 0 Å². The summed E-state index contributed by atoms with van der Waals surface area (Å²) in [5.74, 6) is -2.22. The molecule has 0 saturated carbocycles. The summed E-state index contributed by atoms with van der Waals surface area (Å²) in [6, 6.07) is 0. The van der Waals surface area contributed by atoms with Gasteiger partial charge in [0, 0.05) is 25.7 Å². The minimum absolute atomic E-state index is 0.0789. The first-order valence-electron chi connectivity index (χ1n) is 41.1. The van der Waals surface area contributed by atoms with Gasteiger partial charge in [0.1, 0.15) is 19.3 Å². The number of hydrogen-bond donors (Lipinski definition) is 3. The molecule has 3 N–H and O–H groups in total. The molecule has 0 amide bonds. The Labute approximate surface area is 632 Å². The number of carbonyl (C=O) groups excluding carboxylic acids is 4. The van der Waals surface area contributed by atoms with E-state index >= 15 is 0 Å². The standard InChI is InChI=1S/C85H148O17P2/c1-5-9-13-17-21-25-29-33-37-39-43-45-49-53-57-61-65-69-82(87)95-75-80(101-84(89)71-67-63-59-55-51-47-41-35-31-27-23-19-15-11-7-3)77-99-103(91,92)97-73-79(86)74-98-104(93,94)100-78-81(102-85(90)72-68-64-60-56-52-48-42-36-32-28-24-20-16-12-8-4)76-96-83(88)70-66-62-58-54-50-46-44-40-38-34-30-26-22-18-14-10-6-2/h9-10,13-14,21-22,25-26,33-35,37-38,41,43-46,79-81,86H,5-8,11-12,15-20,23-24,27-32,36,39-40,42,47-78H2,1-4H3,(H,91,92)(H,93,94)/b13-9-,14-10-,25-21-,26-22-,37-33-,38-34-,41-35-,45-43-,46-44-. The van der Waals surface area contributed by atoms with Gasteiger partial charge in [-0.1, -0.05) is 304 Å². The van der Waals surface area contributed by atoms with Crippen LogP contribution < -0.4 is 0 Å². The Kier molecular flexibility index (Phi) is 73.7. The van der Waals surface area contributed by atoms with E-state index in [4.69, 9.17) is 37.0 Å². The number of ether oxygens (including phenoxy) is 4. The van der Waals surface area contributed by atoms with Crippen LogP contribution in [0.15, 0.2) is 109 Å². The molecule has 0 spiro atoms. The lowest BCUT2D eigenvalue weighted by atomic mass is 10.0. The molecule has 0 aromatic rings. The fourth-order valence-corrected chi connectivity index (χ4v) is 12.6. The smallest absolute Gasteiger partial charge is 0.462 e. The first kappa shape index (κ1) is 99.7. The fraction of sp³-hybridized carbons (Fsp3) is 0.741. The molecular weight excluding hydrogens is 1350 g/mol. The Morgan fingerprint density at radius 1 is 0.279 bits per heavy atom. The molecule has 0 saturated heterocycles. The number of carbonyl (C=O) groups is 4. The molecular formula is C85H148O17P2. The van der Waals surface area contributed by atoms with Crippen LogP contribution in [0.2, 0.25) is 0 Å². The second kappa shape index (κ2) is 76.9. The van der Waals surface area contributed by atoms with Gasteiger partial charge in [-0.3, -0.25) is 37.3 Å². The first-order chi connectivity index (χ1) is 50.7. The van der Waals surface area contributed by atoms with Gasteiger partial charge in [0.2, 0.25) is 0 Å². The zero-order chi connectivity index (χ0) is 76.0. The molecule has 0 aromatic heterocycles. The Hall–Kier alpha value is -4.28. The topological polar surface area (TPSA) is 237 Å². The lowest BCUT2D eigenvalue weighted by molar-refractivity contribution is -0.161. The Morgan fingerprint density at radius 3 is 0.779 bits per heavy atom. The maximum absolute atomic E-state index is 13.1. The Balaban J connectivity index is 5.40. The molecule has 0 bridgehead atoms. The van der Waals surface area contributed by atoms with Crippen LogP contribution in [-0.4, -0.2) is 96.7 Å². The molecule has 104 heavy (non-hydrogen) atoms. The third-order valence-corrected chi connectivity index (χ3v) is 19.1. The predicted molar refractivity (Wildman–Crippen MR) is 427 cm³/mol.